The molecule has 0 aliphatic carbocycles. The fourth-order valence-corrected chi connectivity index (χ4v) is 2.31. The molecule has 0 unspecified atom stereocenters. The Labute approximate surface area is 133 Å². The highest BCUT2D eigenvalue weighted by molar-refractivity contribution is 6.31. The van der Waals surface area contributed by atoms with Gasteiger partial charge in [0, 0.05) is 37.1 Å². The normalized spacial score (nSPS) is 11.0. The molecule has 2 rings (SSSR count). The average molecular weight is 326 g/mol. The summed E-state index contributed by atoms with van der Waals surface area (Å²) in [6.07, 6.45) is 1.29. The Morgan fingerprint density at radius 1 is 1.32 bits per heavy atom. The standard InChI is InChI=1S/C15H20ClN3O3/c1-2-6-17-7-8-18-14(20)5-9-19-12-4-3-11(16)10-13(12)22-15(19)21/h3-4,10,17H,2,5-9H2,1H3,(H,18,20). The molecule has 1 aromatic heterocycles. The van der Waals surface area contributed by atoms with Crippen molar-refractivity contribution < 1.29 is 9.21 Å². The molecular formula is C15H20ClN3O3. The highest BCUT2D eigenvalue weighted by atomic mass is 35.5. The number of aryl methyl sites for hydroxylation is 1. The number of nitrogens with zero attached hydrogens (tertiary/aromatic N) is 1. The van der Waals surface area contributed by atoms with Crippen LogP contribution in [0.3, 0.4) is 0 Å². The van der Waals surface area contributed by atoms with Crippen molar-refractivity contribution in [2.75, 3.05) is 19.6 Å². The molecule has 0 aliphatic rings. The number of hydrogen-bond donors (Lipinski definition) is 2. The second-order valence-corrected chi connectivity index (χ2v) is 5.42. The average Bonchev–Trinajstić information content (AvgIpc) is 2.79. The van der Waals surface area contributed by atoms with Crippen LogP contribution in [0, 0.1) is 0 Å². The number of halogens is 1. The van der Waals surface area contributed by atoms with Crippen molar-refractivity contribution in [1.82, 2.24) is 15.2 Å². The van der Waals surface area contributed by atoms with Gasteiger partial charge in [0.25, 0.3) is 0 Å². The van der Waals surface area contributed by atoms with Gasteiger partial charge in [-0.2, -0.15) is 0 Å². The van der Waals surface area contributed by atoms with Crippen LogP contribution in [0.25, 0.3) is 11.1 Å². The van der Waals surface area contributed by atoms with E-state index in [2.05, 4.69) is 17.6 Å². The minimum Gasteiger partial charge on any atom is -0.408 e. The molecule has 1 amide bonds. The van der Waals surface area contributed by atoms with Gasteiger partial charge >= 0.3 is 5.76 Å². The van der Waals surface area contributed by atoms with Gasteiger partial charge in [-0.15, -0.1) is 0 Å². The molecule has 2 N–H and O–H groups in total. The van der Waals surface area contributed by atoms with E-state index in [-0.39, 0.29) is 18.9 Å². The maximum Gasteiger partial charge on any atom is 0.419 e. The summed E-state index contributed by atoms with van der Waals surface area (Å²) in [6, 6.07) is 5.00. The third kappa shape index (κ3) is 4.35. The summed E-state index contributed by atoms with van der Waals surface area (Å²) >= 11 is 5.86. The molecule has 0 bridgehead atoms. The summed E-state index contributed by atoms with van der Waals surface area (Å²) in [5, 5.41) is 6.52. The molecular weight excluding hydrogens is 306 g/mol. The SMILES string of the molecule is CCCNCCNC(=O)CCn1c(=O)oc2cc(Cl)ccc21. The highest BCUT2D eigenvalue weighted by Gasteiger charge is 2.11. The summed E-state index contributed by atoms with van der Waals surface area (Å²) in [4.78, 5) is 23.6. The lowest BCUT2D eigenvalue weighted by atomic mass is 10.3. The van der Waals surface area contributed by atoms with Crippen LogP contribution in [-0.2, 0) is 11.3 Å². The van der Waals surface area contributed by atoms with Gasteiger partial charge in [0.05, 0.1) is 5.52 Å². The van der Waals surface area contributed by atoms with E-state index in [1.54, 1.807) is 18.2 Å². The van der Waals surface area contributed by atoms with Crippen LogP contribution in [0.15, 0.2) is 27.4 Å². The van der Waals surface area contributed by atoms with E-state index in [4.69, 9.17) is 16.0 Å². The molecule has 0 saturated heterocycles. The first kappa shape index (κ1) is 16.6. The third-order valence-electron chi connectivity index (χ3n) is 3.24. The number of benzene rings is 1. The third-order valence-corrected chi connectivity index (χ3v) is 3.48. The van der Waals surface area contributed by atoms with Crippen LogP contribution in [0.1, 0.15) is 19.8 Å². The lowest BCUT2D eigenvalue weighted by Crippen LogP contribution is -2.33. The maximum atomic E-state index is 11.8. The maximum absolute atomic E-state index is 11.8. The first-order chi connectivity index (χ1) is 10.6. The van der Waals surface area contributed by atoms with E-state index in [9.17, 15) is 9.59 Å². The van der Waals surface area contributed by atoms with E-state index in [1.165, 1.54) is 4.57 Å². The fourth-order valence-electron chi connectivity index (χ4n) is 2.15. The second-order valence-electron chi connectivity index (χ2n) is 4.98. The molecule has 2 aromatic rings. The Bertz CT molecular complexity index is 693. The summed E-state index contributed by atoms with van der Waals surface area (Å²) in [6.45, 7) is 4.63. The topological polar surface area (TPSA) is 76.3 Å². The predicted octanol–water partition coefficient (Wildman–Crippen LogP) is 1.75. The molecule has 1 heterocycles. The van der Waals surface area contributed by atoms with Crippen molar-refractivity contribution in [3.8, 4) is 0 Å². The van der Waals surface area contributed by atoms with E-state index in [0.717, 1.165) is 19.5 Å². The number of rotatable bonds is 8. The van der Waals surface area contributed by atoms with Crippen LogP contribution < -0.4 is 16.4 Å². The van der Waals surface area contributed by atoms with Gasteiger partial charge in [0.2, 0.25) is 5.91 Å². The fraction of sp³-hybridized carbons (Fsp3) is 0.467. The van der Waals surface area contributed by atoms with Gasteiger partial charge in [-0.25, -0.2) is 4.79 Å². The van der Waals surface area contributed by atoms with E-state index in [1.807, 2.05) is 0 Å². The molecule has 0 spiro atoms. The van der Waals surface area contributed by atoms with Crippen molar-refractivity contribution in [2.45, 2.75) is 26.3 Å². The summed E-state index contributed by atoms with van der Waals surface area (Å²) in [7, 11) is 0. The first-order valence-electron chi connectivity index (χ1n) is 7.38. The van der Waals surface area contributed by atoms with Crippen molar-refractivity contribution in [1.29, 1.82) is 0 Å². The molecule has 6 nitrogen and oxygen atoms in total. The summed E-state index contributed by atoms with van der Waals surface area (Å²) in [5.41, 5.74) is 1.08. The minimum absolute atomic E-state index is 0.0893. The van der Waals surface area contributed by atoms with Crippen LogP contribution in [0.5, 0.6) is 0 Å². The number of hydrogen-bond acceptors (Lipinski definition) is 4. The van der Waals surface area contributed by atoms with Gasteiger partial charge in [-0.1, -0.05) is 18.5 Å². The zero-order valence-electron chi connectivity index (χ0n) is 12.5. The first-order valence-corrected chi connectivity index (χ1v) is 7.76. The van der Waals surface area contributed by atoms with E-state index >= 15 is 0 Å². The molecule has 0 aliphatic heterocycles. The molecule has 0 saturated carbocycles. The number of fused-ring (bicyclic) bond motifs is 1. The number of oxazole rings is 1. The Morgan fingerprint density at radius 2 is 2.14 bits per heavy atom. The molecule has 120 valence electrons. The Kier molecular flexibility index (Phi) is 6.03. The Morgan fingerprint density at radius 3 is 2.91 bits per heavy atom. The zero-order chi connectivity index (χ0) is 15.9. The largest absolute Gasteiger partial charge is 0.419 e. The van der Waals surface area contributed by atoms with Crippen molar-refractivity contribution in [3.05, 3.63) is 33.8 Å². The number of carbonyl (C=O) groups excluding carboxylic acids is 1. The van der Waals surface area contributed by atoms with E-state index < -0.39 is 5.76 Å². The number of nitrogens with one attached hydrogen (secondary N) is 2. The quantitative estimate of drug-likeness (QED) is 0.725. The molecule has 22 heavy (non-hydrogen) atoms. The van der Waals surface area contributed by atoms with Gasteiger partial charge in [-0.3, -0.25) is 9.36 Å². The molecule has 0 radical (unpaired) electrons. The van der Waals surface area contributed by atoms with Crippen molar-refractivity contribution in [2.24, 2.45) is 0 Å². The van der Waals surface area contributed by atoms with Gasteiger partial charge in [-0.05, 0) is 25.1 Å². The van der Waals surface area contributed by atoms with Gasteiger partial charge in [0.15, 0.2) is 5.58 Å². The van der Waals surface area contributed by atoms with Crippen LogP contribution >= 0.6 is 11.6 Å². The molecule has 1 aromatic carbocycles. The Balaban J connectivity index is 1.88. The predicted molar refractivity (Wildman–Crippen MR) is 86.3 cm³/mol. The number of amides is 1. The van der Waals surface area contributed by atoms with Crippen LogP contribution in [-0.4, -0.2) is 30.1 Å². The number of aromatic nitrogens is 1. The van der Waals surface area contributed by atoms with Crippen molar-refractivity contribution >= 4 is 28.6 Å². The molecule has 0 fully saturated rings. The molecule has 0 atom stereocenters. The van der Waals surface area contributed by atoms with Crippen molar-refractivity contribution in [3.63, 3.8) is 0 Å². The second kappa shape index (κ2) is 8.00. The smallest absolute Gasteiger partial charge is 0.408 e. The highest BCUT2D eigenvalue weighted by Crippen LogP contribution is 2.18. The van der Waals surface area contributed by atoms with E-state index in [0.29, 0.717) is 22.7 Å². The lowest BCUT2D eigenvalue weighted by Gasteiger charge is -2.06. The Hall–Kier alpha value is -1.79. The monoisotopic (exact) mass is 325 g/mol. The van der Waals surface area contributed by atoms with Gasteiger partial charge < -0.3 is 15.1 Å². The van der Waals surface area contributed by atoms with Crippen LogP contribution in [0.4, 0.5) is 0 Å². The summed E-state index contributed by atoms with van der Waals surface area (Å²) < 4.78 is 6.56. The lowest BCUT2D eigenvalue weighted by molar-refractivity contribution is -0.121. The van der Waals surface area contributed by atoms with Crippen LogP contribution in [0.2, 0.25) is 5.02 Å². The minimum atomic E-state index is -0.477. The zero-order valence-corrected chi connectivity index (χ0v) is 13.3. The summed E-state index contributed by atoms with van der Waals surface area (Å²) in [5.74, 6) is -0.566. The number of carbonyl (C=O) groups is 1. The molecule has 7 heteroatoms. The van der Waals surface area contributed by atoms with Gasteiger partial charge in [0.1, 0.15) is 0 Å².